The van der Waals surface area contributed by atoms with Gasteiger partial charge >= 0.3 is 0 Å². The highest BCUT2D eigenvalue weighted by Crippen LogP contribution is 2.08. The van der Waals surface area contributed by atoms with Crippen LogP contribution in [0.4, 0.5) is 0 Å². The van der Waals surface area contributed by atoms with Crippen LogP contribution < -0.4 is 5.73 Å². The summed E-state index contributed by atoms with van der Waals surface area (Å²) in [4.78, 5) is 2.55. The highest BCUT2D eigenvalue weighted by molar-refractivity contribution is 7.89. The Labute approximate surface area is 103 Å². The molecule has 16 heavy (non-hydrogen) atoms. The second-order valence-electron chi connectivity index (χ2n) is 3.96. The van der Waals surface area contributed by atoms with Gasteiger partial charge in [0.1, 0.15) is 0 Å². The summed E-state index contributed by atoms with van der Waals surface area (Å²) in [6.07, 6.45) is 0.662. The predicted octanol–water partition coefficient (Wildman–Crippen LogP) is -0.370. The fraction of sp³-hybridized carbons (Fsp3) is 0.889. The Morgan fingerprint density at radius 1 is 1.31 bits per heavy atom. The second-order valence-corrected chi connectivity index (χ2v) is 6.57. The zero-order valence-electron chi connectivity index (χ0n) is 9.55. The summed E-state index contributed by atoms with van der Waals surface area (Å²) in [5.74, 6) is 0.238. The monoisotopic (exact) mass is 265 g/mol. The summed E-state index contributed by atoms with van der Waals surface area (Å²) in [5, 5.41) is 0. The van der Waals surface area contributed by atoms with E-state index >= 15 is 0 Å². The molecule has 0 atom stereocenters. The Bertz CT molecular complexity index is 335. The number of piperazine rings is 1. The third kappa shape index (κ3) is 3.97. The van der Waals surface area contributed by atoms with Crippen molar-refractivity contribution in [3.05, 3.63) is 0 Å². The third-order valence-corrected chi connectivity index (χ3v) is 4.77. The maximum atomic E-state index is 11.8. The van der Waals surface area contributed by atoms with Crippen LogP contribution in [0.5, 0.6) is 0 Å². The number of rotatable bonds is 5. The van der Waals surface area contributed by atoms with Gasteiger partial charge in [-0.3, -0.25) is 4.90 Å². The van der Waals surface area contributed by atoms with Crippen LogP contribution in [0, 0.1) is 0 Å². The Morgan fingerprint density at radius 3 is 2.31 bits per heavy atom. The first-order chi connectivity index (χ1) is 7.45. The van der Waals surface area contributed by atoms with E-state index in [1.54, 1.807) is 4.31 Å². The number of sulfonamides is 1. The fourth-order valence-electron chi connectivity index (χ4n) is 1.77. The molecule has 0 aliphatic carbocycles. The molecule has 94 valence electrons. The third-order valence-electron chi connectivity index (χ3n) is 2.57. The Hall–Kier alpha value is -0.240. The molecule has 0 aromatic carbocycles. The van der Waals surface area contributed by atoms with Gasteiger partial charge in [0.2, 0.25) is 10.0 Å². The largest absolute Gasteiger partial charge is 0.392 e. The smallest absolute Gasteiger partial charge is 0.214 e. The Balaban J connectivity index is 2.46. The summed E-state index contributed by atoms with van der Waals surface area (Å²) in [6.45, 7) is 4.97. The molecule has 0 spiro atoms. The molecule has 2 N–H and O–H groups in total. The first-order valence-corrected chi connectivity index (χ1v) is 7.46. The molecular formula is C9H19N3O2S2. The van der Waals surface area contributed by atoms with Crippen LogP contribution in [0.3, 0.4) is 0 Å². The van der Waals surface area contributed by atoms with Crippen molar-refractivity contribution in [3.63, 3.8) is 0 Å². The van der Waals surface area contributed by atoms with Gasteiger partial charge in [0, 0.05) is 32.7 Å². The summed E-state index contributed by atoms with van der Waals surface area (Å²) in [6, 6.07) is 0. The van der Waals surface area contributed by atoms with Gasteiger partial charge in [0.25, 0.3) is 0 Å². The van der Waals surface area contributed by atoms with Crippen LogP contribution in [0.2, 0.25) is 0 Å². The average Bonchev–Trinajstić information content (AvgIpc) is 2.17. The molecule has 0 aromatic rings. The molecule has 1 aliphatic heterocycles. The number of nitrogens with two attached hydrogens (primary N) is 1. The van der Waals surface area contributed by atoms with Crippen LogP contribution in [-0.2, 0) is 10.0 Å². The molecule has 1 rings (SSSR count). The average molecular weight is 265 g/mol. The summed E-state index contributed by atoms with van der Waals surface area (Å²) in [7, 11) is -3.04. The van der Waals surface area contributed by atoms with Crippen molar-refractivity contribution >= 4 is 27.2 Å². The van der Waals surface area contributed by atoms with E-state index in [4.69, 9.17) is 18.0 Å². The van der Waals surface area contributed by atoms with Gasteiger partial charge in [-0.25, -0.2) is 8.42 Å². The SMILES string of the molecule is CCCS(=O)(=O)N1CCN(CC(N)=S)CC1. The van der Waals surface area contributed by atoms with Crippen LogP contribution in [0.1, 0.15) is 13.3 Å². The highest BCUT2D eigenvalue weighted by atomic mass is 32.2. The zero-order chi connectivity index (χ0) is 12.2. The summed E-state index contributed by atoms with van der Waals surface area (Å²) >= 11 is 4.83. The van der Waals surface area contributed by atoms with Crippen molar-refractivity contribution in [3.8, 4) is 0 Å². The van der Waals surface area contributed by atoms with Gasteiger partial charge < -0.3 is 5.73 Å². The van der Waals surface area contributed by atoms with E-state index < -0.39 is 10.0 Å². The molecule has 0 aromatic heterocycles. The van der Waals surface area contributed by atoms with E-state index in [9.17, 15) is 8.42 Å². The standard InChI is InChI=1S/C9H19N3O2S2/c1-2-7-16(13,14)12-5-3-11(4-6-12)8-9(10)15/h2-8H2,1H3,(H2,10,15). The number of hydrogen-bond acceptors (Lipinski definition) is 4. The molecule has 0 amide bonds. The minimum absolute atomic E-state index is 0.238. The quantitative estimate of drug-likeness (QED) is 0.687. The van der Waals surface area contributed by atoms with Gasteiger partial charge in [-0.15, -0.1) is 0 Å². The van der Waals surface area contributed by atoms with E-state index in [0.717, 1.165) is 0 Å². The maximum absolute atomic E-state index is 11.8. The lowest BCUT2D eigenvalue weighted by Gasteiger charge is -2.33. The fourth-order valence-corrected chi connectivity index (χ4v) is 3.45. The van der Waals surface area contributed by atoms with Crippen molar-refractivity contribution in [2.45, 2.75) is 13.3 Å². The topological polar surface area (TPSA) is 66.6 Å². The van der Waals surface area contributed by atoms with Crippen LogP contribution in [0.25, 0.3) is 0 Å². The minimum atomic E-state index is -3.04. The number of hydrogen-bond donors (Lipinski definition) is 1. The van der Waals surface area contributed by atoms with E-state index in [1.165, 1.54) is 0 Å². The molecule has 1 saturated heterocycles. The van der Waals surface area contributed by atoms with Crippen LogP contribution in [-0.4, -0.2) is 61.1 Å². The molecule has 0 unspecified atom stereocenters. The van der Waals surface area contributed by atoms with Crippen molar-refractivity contribution < 1.29 is 8.42 Å². The molecule has 1 aliphatic rings. The van der Waals surface area contributed by atoms with Crippen molar-refractivity contribution in [1.29, 1.82) is 0 Å². The molecule has 0 radical (unpaired) electrons. The Kier molecular flexibility index (Phi) is 5.10. The van der Waals surface area contributed by atoms with Gasteiger partial charge in [0.05, 0.1) is 10.7 Å². The first kappa shape index (κ1) is 13.8. The van der Waals surface area contributed by atoms with E-state index in [2.05, 4.69) is 4.90 Å². The Morgan fingerprint density at radius 2 is 1.88 bits per heavy atom. The molecular weight excluding hydrogens is 246 g/mol. The first-order valence-electron chi connectivity index (χ1n) is 5.44. The van der Waals surface area contributed by atoms with Crippen molar-refractivity contribution in [2.75, 3.05) is 38.5 Å². The molecule has 0 bridgehead atoms. The lowest BCUT2D eigenvalue weighted by molar-refractivity contribution is 0.209. The molecule has 1 heterocycles. The normalized spacial score (nSPS) is 19.8. The highest BCUT2D eigenvalue weighted by Gasteiger charge is 2.25. The van der Waals surface area contributed by atoms with E-state index in [1.807, 2.05) is 6.92 Å². The van der Waals surface area contributed by atoms with Gasteiger partial charge in [-0.2, -0.15) is 4.31 Å². The second kappa shape index (κ2) is 5.90. The lowest BCUT2D eigenvalue weighted by atomic mass is 10.3. The number of thiocarbonyl (C=S) groups is 1. The molecule has 1 fully saturated rings. The summed E-state index contributed by atoms with van der Waals surface area (Å²) in [5.41, 5.74) is 5.45. The molecule has 0 saturated carbocycles. The molecule has 5 nitrogen and oxygen atoms in total. The van der Waals surface area contributed by atoms with Gasteiger partial charge in [0.15, 0.2) is 0 Å². The van der Waals surface area contributed by atoms with E-state index in [0.29, 0.717) is 44.1 Å². The zero-order valence-corrected chi connectivity index (χ0v) is 11.2. The molecule has 7 heteroatoms. The minimum Gasteiger partial charge on any atom is -0.392 e. The van der Waals surface area contributed by atoms with Gasteiger partial charge in [-0.05, 0) is 6.42 Å². The lowest BCUT2D eigenvalue weighted by Crippen LogP contribution is -2.50. The summed E-state index contributed by atoms with van der Waals surface area (Å²) < 4.78 is 25.1. The van der Waals surface area contributed by atoms with Crippen molar-refractivity contribution in [2.24, 2.45) is 5.73 Å². The van der Waals surface area contributed by atoms with Crippen LogP contribution in [0.15, 0.2) is 0 Å². The van der Waals surface area contributed by atoms with Crippen molar-refractivity contribution in [1.82, 2.24) is 9.21 Å². The van der Waals surface area contributed by atoms with Gasteiger partial charge in [-0.1, -0.05) is 19.1 Å². The van der Waals surface area contributed by atoms with E-state index in [-0.39, 0.29) is 5.75 Å². The predicted molar refractivity (Wildman–Crippen MR) is 68.9 cm³/mol. The number of nitrogens with zero attached hydrogens (tertiary/aromatic N) is 2. The maximum Gasteiger partial charge on any atom is 0.214 e. The van der Waals surface area contributed by atoms with Crippen LogP contribution >= 0.6 is 12.2 Å².